The fraction of sp³-hybridized carbons (Fsp3) is 1.00. The Labute approximate surface area is 48.3 Å². The molecule has 0 aliphatic carbocycles. The Morgan fingerprint density at radius 1 is 1.38 bits per heavy atom. The highest BCUT2D eigenvalue weighted by molar-refractivity contribution is 4.44. The van der Waals surface area contributed by atoms with Crippen molar-refractivity contribution in [1.82, 2.24) is 4.90 Å². The Bertz CT molecular complexity index is 46.4. The molecule has 0 aromatic heterocycles. The van der Waals surface area contributed by atoms with Gasteiger partial charge in [-0.25, -0.2) is 8.78 Å². The van der Waals surface area contributed by atoms with E-state index < -0.39 is 6.43 Å². The van der Waals surface area contributed by atoms with Crippen molar-refractivity contribution in [3.05, 3.63) is 0 Å². The smallest absolute Gasteiger partial charge is 0.239 e. The van der Waals surface area contributed by atoms with E-state index in [1.54, 1.807) is 19.0 Å². The van der Waals surface area contributed by atoms with Crippen molar-refractivity contribution in [3.8, 4) is 0 Å². The van der Waals surface area contributed by atoms with Crippen molar-refractivity contribution in [2.75, 3.05) is 20.6 Å². The molecule has 0 saturated heterocycles. The van der Waals surface area contributed by atoms with Crippen LogP contribution < -0.4 is 0 Å². The topological polar surface area (TPSA) is 3.24 Å². The molecule has 0 atom stereocenters. The van der Waals surface area contributed by atoms with Gasteiger partial charge in [-0.3, -0.25) is 0 Å². The van der Waals surface area contributed by atoms with E-state index in [-0.39, 0.29) is 6.42 Å². The van der Waals surface area contributed by atoms with E-state index >= 15 is 0 Å². The zero-order chi connectivity index (χ0) is 6.57. The van der Waals surface area contributed by atoms with Crippen LogP contribution in [0, 0.1) is 0 Å². The molecule has 1 nitrogen and oxygen atoms in total. The second-order valence-electron chi connectivity index (χ2n) is 1.98. The summed E-state index contributed by atoms with van der Waals surface area (Å²) in [7, 11) is 3.56. The Hall–Kier alpha value is -0.180. The van der Waals surface area contributed by atoms with Gasteiger partial charge in [0.05, 0.1) is 0 Å². The maximum absolute atomic E-state index is 11.4. The van der Waals surface area contributed by atoms with Gasteiger partial charge in [0, 0.05) is 13.0 Å². The van der Waals surface area contributed by atoms with Gasteiger partial charge in [0.1, 0.15) is 0 Å². The number of nitrogens with zero attached hydrogens (tertiary/aromatic N) is 1. The lowest BCUT2D eigenvalue weighted by Crippen LogP contribution is -2.15. The highest BCUT2D eigenvalue weighted by Gasteiger charge is 2.00. The second-order valence-corrected chi connectivity index (χ2v) is 1.98. The Kier molecular flexibility index (Phi) is 3.69. The van der Waals surface area contributed by atoms with E-state index in [2.05, 4.69) is 0 Å². The molecule has 8 heavy (non-hydrogen) atoms. The first-order chi connectivity index (χ1) is 3.63. The summed E-state index contributed by atoms with van der Waals surface area (Å²) in [6.07, 6.45) is -2.18. The van der Waals surface area contributed by atoms with E-state index in [1.807, 2.05) is 0 Å². The molecule has 0 aromatic carbocycles. The molecule has 0 amide bonds. The third-order valence-corrected chi connectivity index (χ3v) is 0.795. The van der Waals surface area contributed by atoms with Crippen molar-refractivity contribution in [1.29, 1.82) is 0 Å². The maximum Gasteiger partial charge on any atom is 0.239 e. The number of hydrogen-bond donors (Lipinski definition) is 0. The fourth-order valence-electron chi connectivity index (χ4n) is 0.356. The summed E-state index contributed by atoms with van der Waals surface area (Å²) in [6.45, 7) is 0.470. The van der Waals surface area contributed by atoms with Crippen molar-refractivity contribution in [2.24, 2.45) is 0 Å². The van der Waals surface area contributed by atoms with Gasteiger partial charge in [-0.2, -0.15) is 0 Å². The maximum atomic E-state index is 11.4. The van der Waals surface area contributed by atoms with Gasteiger partial charge in [-0.1, -0.05) is 0 Å². The summed E-state index contributed by atoms with van der Waals surface area (Å²) >= 11 is 0. The zero-order valence-corrected chi connectivity index (χ0v) is 5.19. The molecule has 0 aliphatic heterocycles. The average Bonchev–Trinajstić information content (AvgIpc) is 1.61. The standard InChI is InChI=1S/C5H11F2N/c1-8(2)4-3-5(6)7/h5H,3-4H2,1-2H3. The first-order valence-electron chi connectivity index (χ1n) is 2.56. The van der Waals surface area contributed by atoms with Crippen LogP contribution in [0.1, 0.15) is 6.42 Å². The summed E-state index contributed by atoms with van der Waals surface area (Å²) in [5.41, 5.74) is 0. The molecule has 0 aliphatic rings. The van der Waals surface area contributed by atoms with Crippen molar-refractivity contribution in [2.45, 2.75) is 12.8 Å². The molecule has 0 spiro atoms. The van der Waals surface area contributed by atoms with Crippen LogP contribution in [-0.2, 0) is 0 Å². The minimum Gasteiger partial charge on any atom is -0.309 e. The lowest BCUT2D eigenvalue weighted by Gasteiger charge is -2.06. The molecule has 0 rings (SSSR count). The average molecular weight is 123 g/mol. The molecule has 0 heterocycles. The highest BCUT2D eigenvalue weighted by atomic mass is 19.3. The van der Waals surface area contributed by atoms with Crippen molar-refractivity contribution < 1.29 is 8.78 Å². The van der Waals surface area contributed by atoms with Crippen LogP contribution in [0.3, 0.4) is 0 Å². The van der Waals surface area contributed by atoms with E-state index in [0.29, 0.717) is 6.54 Å². The third-order valence-electron chi connectivity index (χ3n) is 0.795. The van der Waals surface area contributed by atoms with Crippen LogP contribution in [0.5, 0.6) is 0 Å². The van der Waals surface area contributed by atoms with Gasteiger partial charge < -0.3 is 4.90 Å². The van der Waals surface area contributed by atoms with E-state index in [9.17, 15) is 8.78 Å². The van der Waals surface area contributed by atoms with E-state index in [4.69, 9.17) is 0 Å². The molecule has 0 aromatic rings. The van der Waals surface area contributed by atoms with Crippen LogP contribution in [0.4, 0.5) is 8.78 Å². The molecule has 0 radical (unpaired) electrons. The molecule has 0 bridgehead atoms. The largest absolute Gasteiger partial charge is 0.309 e. The molecular formula is C5H11F2N. The first-order valence-corrected chi connectivity index (χ1v) is 2.56. The van der Waals surface area contributed by atoms with Gasteiger partial charge in [-0.15, -0.1) is 0 Å². The van der Waals surface area contributed by atoms with E-state index in [1.165, 1.54) is 0 Å². The minimum absolute atomic E-state index is 0.0208. The predicted molar refractivity (Wildman–Crippen MR) is 29.2 cm³/mol. The van der Waals surface area contributed by atoms with Crippen LogP contribution in [-0.4, -0.2) is 32.0 Å². The van der Waals surface area contributed by atoms with Crippen LogP contribution >= 0.6 is 0 Å². The zero-order valence-electron chi connectivity index (χ0n) is 5.19. The quantitative estimate of drug-likeness (QED) is 0.545. The van der Waals surface area contributed by atoms with Gasteiger partial charge in [0.15, 0.2) is 0 Å². The summed E-state index contributed by atoms with van der Waals surface area (Å²) in [4.78, 5) is 1.74. The Morgan fingerprint density at radius 2 is 1.88 bits per heavy atom. The number of halogens is 2. The number of alkyl halides is 2. The Morgan fingerprint density at radius 3 is 2.00 bits per heavy atom. The normalized spacial score (nSPS) is 11.2. The van der Waals surface area contributed by atoms with Gasteiger partial charge in [0.2, 0.25) is 6.43 Å². The Balaban J connectivity index is 2.93. The van der Waals surface area contributed by atoms with Crippen LogP contribution in [0.15, 0.2) is 0 Å². The minimum atomic E-state index is -2.16. The lowest BCUT2D eigenvalue weighted by atomic mass is 10.4. The molecule has 50 valence electrons. The van der Waals surface area contributed by atoms with Crippen LogP contribution in [0.25, 0.3) is 0 Å². The summed E-state index contributed by atoms with van der Waals surface area (Å²) in [5.74, 6) is 0. The number of hydrogen-bond acceptors (Lipinski definition) is 1. The van der Waals surface area contributed by atoms with Gasteiger partial charge >= 0.3 is 0 Å². The molecule has 3 heteroatoms. The van der Waals surface area contributed by atoms with Gasteiger partial charge in [-0.05, 0) is 14.1 Å². The summed E-state index contributed by atoms with van der Waals surface area (Å²) in [5, 5.41) is 0. The van der Waals surface area contributed by atoms with Crippen molar-refractivity contribution >= 4 is 0 Å². The monoisotopic (exact) mass is 123 g/mol. The molecule has 0 N–H and O–H groups in total. The highest BCUT2D eigenvalue weighted by Crippen LogP contribution is 1.97. The molecule has 0 saturated carbocycles. The van der Waals surface area contributed by atoms with Gasteiger partial charge in [0.25, 0.3) is 0 Å². The van der Waals surface area contributed by atoms with Crippen LogP contribution in [0.2, 0.25) is 0 Å². The molecular weight excluding hydrogens is 112 g/mol. The predicted octanol–water partition coefficient (Wildman–Crippen LogP) is 1.20. The first kappa shape index (κ1) is 7.82. The second kappa shape index (κ2) is 3.78. The fourth-order valence-corrected chi connectivity index (χ4v) is 0.356. The van der Waals surface area contributed by atoms with E-state index in [0.717, 1.165) is 0 Å². The SMILES string of the molecule is CN(C)CCC(F)F. The summed E-state index contributed by atoms with van der Waals surface area (Å²) < 4.78 is 22.7. The molecule has 0 unspecified atom stereocenters. The molecule has 0 fully saturated rings. The lowest BCUT2D eigenvalue weighted by molar-refractivity contribution is 0.126. The van der Waals surface area contributed by atoms with Crippen molar-refractivity contribution in [3.63, 3.8) is 0 Å². The summed E-state index contributed by atoms with van der Waals surface area (Å²) in [6, 6.07) is 0. The third kappa shape index (κ3) is 5.82. The number of rotatable bonds is 3.